The number of H-pyrrole nitrogens is 1. The highest BCUT2D eigenvalue weighted by atomic mass is 35.5. The average molecular weight is 517 g/mol. The molecule has 2 aromatic heterocycles. The molecule has 3 aromatic rings. The monoisotopic (exact) mass is 516 g/mol. The fraction of sp³-hybridized carbons (Fsp3) is 0.222. The lowest BCUT2D eigenvalue weighted by atomic mass is 10.2. The van der Waals surface area contributed by atoms with Gasteiger partial charge in [-0.15, -0.1) is 0 Å². The molecule has 0 saturated carbocycles. The van der Waals surface area contributed by atoms with E-state index in [1.807, 2.05) is 4.98 Å². The van der Waals surface area contributed by atoms with Gasteiger partial charge in [-0.05, 0) is 18.2 Å². The summed E-state index contributed by atoms with van der Waals surface area (Å²) in [4.78, 5) is 24.7. The summed E-state index contributed by atoms with van der Waals surface area (Å²) < 4.78 is 117. The fourth-order valence-corrected chi connectivity index (χ4v) is 2.71. The number of hydrogen-bond acceptors (Lipinski definition) is 6. The van der Waals surface area contributed by atoms with E-state index >= 15 is 0 Å². The van der Waals surface area contributed by atoms with Crippen molar-refractivity contribution < 1.29 is 44.6 Å². The maximum Gasteiger partial charge on any atom is 0.459 e. The Morgan fingerprint density at radius 1 is 1.00 bits per heavy atom. The lowest BCUT2D eigenvalue weighted by Gasteiger charge is -2.21. The van der Waals surface area contributed by atoms with Crippen LogP contribution in [-0.2, 0) is 12.1 Å². The zero-order valence-corrected chi connectivity index (χ0v) is 17.1. The van der Waals surface area contributed by atoms with Crippen LogP contribution in [0.15, 0.2) is 35.3 Å². The summed E-state index contributed by atoms with van der Waals surface area (Å²) >= 11 is 5.44. The molecule has 0 aliphatic heterocycles. The number of aromatic nitrogens is 4. The first-order valence-corrected chi connectivity index (χ1v) is 9.04. The van der Waals surface area contributed by atoms with Crippen molar-refractivity contribution >= 4 is 11.6 Å². The van der Waals surface area contributed by atoms with E-state index in [1.54, 1.807) is 0 Å². The fourth-order valence-electron chi connectivity index (χ4n) is 2.48. The highest BCUT2D eigenvalue weighted by Crippen LogP contribution is 2.46. The Morgan fingerprint density at radius 3 is 2.26 bits per heavy atom. The van der Waals surface area contributed by atoms with Crippen LogP contribution in [0.25, 0.3) is 11.6 Å². The molecule has 2 heterocycles. The van der Waals surface area contributed by atoms with Crippen LogP contribution in [0, 0.1) is 0 Å². The van der Waals surface area contributed by atoms with E-state index in [0.717, 1.165) is 12.3 Å². The number of methoxy groups -OCH3 is 1. The Hall–Kier alpha value is -3.49. The maximum absolute atomic E-state index is 14.3. The van der Waals surface area contributed by atoms with Crippen molar-refractivity contribution in [1.82, 2.24) is 19.9 Å². The summed E-state index contributed by atoms with van der Waals surface area (Å²) in [6.45, 7) is 0. The first kappa shape index (κ1) is 25.1. The summed E-state index contributed by atoms with van der Waals surface area (Å²) in [5, 5.41) is -0.807. The first-order chi connectivity index (χ1) is 15.6. The van der Waals surface area contributed by atoms with E-state index in [-0.39, 0.29) is 11.9 Å². The lowest BCUT2D eigenvalue weighted by molar-refractivity contribution is -0.291. The number of nitrogens with one attached hydrogen (secondary N) is 1. The van der Waals surface area contributed by atoms with Crippen LogP contribution in [0.4, 0.5) is 35.1 Å². The Bertz CT molecular complexity index is 1280. The van der Waals surface area contributed by atoms with Crippen molar-refractivity contribution in [2.45, 2.75) is 18.3 Å². The molecule has 3 rings (SSSR count). The third-order valence-electron chi connectivity index (χ3n) is 4.04. The van der Waals surface area contributed by atoms with Crippen LogP contribution >= 0.6 is 11.6 Å². The molecule has 0 bridgehead atoms. The van der Waals surface area contributed by atoms with E-state index in [0.29, 0.717) is 6.07 Å². The van der Waals surface area contributed by atoms with Gasteiger partial charge in [-0.2, -0.15) is 40.1 Å². The smallest absolute Gasteiger partial charge is 0.459 e. The highest BCUT2D eigenvalue weighted by molar-refractivity contribution is 6.31. The van der Waals surface area contributed by atoms with E-state index < -0.39 is 63.3 Å². The van der Waals surface area contributed by atoms with Crippen LogP contribution in [0.3, 0.4) is 0 Å². The second-order valence-corrected chi connectivity index (χ2v) is 6.74. The van der Waals surface area contributed by atoms with Gasteiger partial charge < -0.3 is 14.5 Å². The van der Waals surface area contributed by atoms with Gasteiger partial charge in [0.1, 0.15) is 5.75 Å². The van der Waals surface area contributed by atoms with Crippen LogP contribution < -0.4 is 15.0 Å². The van der Waals surface area contributed by atoms with Crippen molar-refractivity contribution in [1.29, 1.82) is 0 Å². The molecule has 1 N–H and O–H groups in total. The quantitative estimate of drug-likeness (QED) is 0.460. The molecule has 7 nitrogen and oxygen atoms in total. The van der Waals surface area contributed by atoms with Gasteiger partial charge in [-0.25, -0.2) is 9.97 Å². The molecule has 1 aromatic carbocycles. The van der Waals surface area contributed by atoms with Gasteiger partial charge in [0.15, 0.2) is 17.3 Å². The SMILES string of the molecule is COc1ccnc(-c2nc(C(F)(F)C(F)(F)F)c(Oc3ccc(Cl)c(C(F)(F)F)c3)c(=O)[nH]2)n1. The summed E-state index contributed by atoms with van der Waals surface area (Å²) in [6.07, 6.45) is -10.2. The van der Waals surface area contributed by atoms with E-state index in [4.69, 9.17) is 21.1 Å². The maximum atomic E-state index is 14.3. The first-order valence-electron chi connectivity index (χ1n) is 8.66. The molecule has 16 heteroatoms. The van der Waals surface area contributed by atoms with Gasteiger partial charge >= 0.3 is 18.3 Å². The van der Waals surface area contributed by atoms with E-state index in [1.165, 1.54) is 13.2 Å². The van der Waals surface area contributed by atoms with Crippen molar-refractivity contribution in [2.24, 2.45) is 0 Å². The van der Waals surface area contributed by atoms with Crippen molar-refractivity contribution in [3.05, 3.63) is 57.1 Å². The normalized spacial score (nSPS) is 12.5. The summed E-state index contributed by atoms with van der Waals surface area (Å²) in [5.41, 5.74) is -5.39. The molecule has 0 amide bonds. The molecular formula is C18H9ClF8N4O3. The number of rotatable bonds is 5. The molecule has 182 valence electrons. The van der Waals surface area contributed by atoms with Gasteiger partial charge in [0.25, 0.3) is 5.56 Å². The predicted molar refractivity (Wildman–Crippen MR) is 98.9 cm³/mol. The predicted octanol–water partition coefficient (Wildman–Crippen LogP) is 5.35. The van der Waals surface area contributed by atoms with E-state index in [2.05, 4.69) is 15.0 Å². The molecule has 0 unspecified atom stereocenters. The number of hydrogen-bond donors (Lipinski definition) is 1. The van der Waals surface area contributed by atoms with Crippen molar-refractivity contribution in [2.75, 3.05) is 7.11 Å². The number of alkyl halides is 8. The largest absolute Gasteiger partial charge is 0.481 e. The second-order valence-electron chi connectivity index (χ2n) is 6.33. The topological polar surface area (TPSA) is 90.0 Å². The molecule has 0 spiro atoms. The third kappa shape index (κ3) is 4.88. The van der Waals surface area contributed by atoms with Crippen LogP contribution in [0.2, 0.25) is 5.02 Å². The number of ether oxygens (including phenoxy) is 2. The van der Waals surface area contributed by atoms with Gasteiger partial charge in [-0.1, -0.05) is 11.6 Å². The molecule has 34 heavy (non-hydrogen) atoms. The van der Waals surface area contributed by atoms with Gasteiger partial charge in [0, 0.05) is 12.3 Å². The lowest BCUT2D eigenvalue weighted by Crippen LogP contribution is -2.36. The number of aromatic amines is 1. The van der Waals surface area contributed by atoms with E-state index in [9.17, 15) is 39.9 Å². The Morgan fingerprint density at radius 2 is 1.68 bits per heavy atom. The molecular weight excluding hydrogens is 508 g/mol. The van der Waals surface area contributed by atoms with Crippen LogP contribution in [0.1, 0.15) is 11.3 Å². The van der Waals surface area contributed by atoms with Gasteiger partial charge in [-0.3, -0.25) is 4.79 Å². The minimum atomic E-state index is -6.25. The van der Waals surface area contributed by atoms with Gasteiger partial charge in [0.05, 0.1) is 17.7 Å². The molecule has 0 aliphatic carbocycles. The summed E-state index contributed by atoms with van der Waals surface area (Å²) in [5.74, 6) is -10.0. The number of benzene rings is 1. The standard InChI is InChI=1S/C18H9ClF8N4O3/c1-33-10-4-5-28-13(29-10)14-30-12(16(20,21)18(25,26)27)11(15(32)31-14)34-7-2-3-9(19)8(6-7)17(22,23)24/h2-6H,1H3,(H,30,31,32). The Kier molecular flexibility index (Phi) is 6.43. The molecule has 0 saturated heterocycles. The third-order valence-corrected chi connectivity index (χ3v) is 4.37. The molecule has 0 aliphatic rings. The minimum Gasteiger partial charge on any atom is -0.481 e. The Balaban J connectivity index is 2.22. The number of nitrogens with zero attached hydrogens (tertiary/aromatic N) is 3. The highest BCUT2D eigenvalue weighted by Gasteiger charge is 2.62. The van der Waals surface area contributed by atoms with Crippen LogP contribution in [-0.4, -0.2) is 33.2 Å². The van der Waals surface area contributed by atoms with Crippen LogP contribution in [0.5, 0.6) is 17.4 Å². The zero-order valence-electron chi connectivity index (χ0n) is 16.4. The minimum absolute atomic E-state index is 0.141. The summed E-state index contributed by atoms with van der Waals surface area (Å²) in [7, 11) is 1.17. The Labute approximate surface area is 188 Å². The van der Waals surface area contributed by atoms with Crippen molar-refractivity contribution in [3.8, 4) is 29.0 Å². The van der Waals surface area contributed by atoms with Crippen molar-refractivity contribution in [3.63, 3.8) is 0 Å². The number of halogens is 9. The average Bonchev–Trinajstić information content (AvgIpc) is 2.74. The molecule has 0 radical (unpaired) electrons. The zero-order chi connectivity index (χ0) is 25.5. The van der Waals surface area contributed by atoms with Gasteiger partial charge in [0.2, 0.25) is 11.6 Å². The summed E-state index contributed by atoms with van der Waals surface area (Å²) in [6, 6.07) is 2.81. The second kappa shape index (κ2) is 8.70. The molecule has 0 fully saturated rings. The molecule has 0 atom stereocenters.